The number of likely N-dealkylation sites (tertiary alicyclic amines) is 1. The van der Waals surface area contributed by atoms with Crippen LogP contribution in [0.3, 0.4) is 0 Å². The Balaban J connectivity index is 1.66. The summed E-state index contributed by atoms with van der Waals surface area (Å²) in [6.45, 7) is 0.842. The van der Waals surface area contributed by atoms with Crippen molar-refractivity contribution in [2.24, 2.45) is 0 Å². The van der Waals surface area contributed by atoms with Gasteiger partial charge in [-0.1, -0.05) is 42.5 Å². The number of benzene rings is 2. The van der Waals surface area contributed by atoms with E-state index in [9.17, 15) is 9.90 Å². The zero-order chi connectivity index (χ0) is 15.4. The molecule has 0 radical (unpaired) electrons. The highest BCUT2D eigenvalue weighted by atomic mass is 16.3. The van der Waals surface area contributed by atoms with Gasteiger partial charge >= 0.3 is 0 Å². The first-order chi connectivity index (χ1) is 10.7. The number of amides is 1. The van der Waals surface area contributed by atoms with E-state index in [-0.39, 0.29) is 11.7 Å². The average Bonchev–Trinajstić information content (AvgIpc) is 2.96. The highest BCUT2D eigenvalue weighted by molar-refractivity contribution is 5.79. The number of carbonyl (C=O) groups excluding carboxylic acids is 1. The molecule has 1 fully saturated rings. The van der Waals surface area contributed by atoms with Crippen LogP contribution >= 0.6 is 0 Å². The van der Waals surface area contributed by atoms with Gasteiger partial charge in [-0.2, -0.15) is 0 Å². The lowest BCUT2D eigenvalue weighted by molar-refractivity contribution is -0.131. The zero-order valence-corrected chi connectivity index (χ0v) is 12.6. The van der Waals surface area contributed by atoms with Crippen molar-refractivity contribution in [1.82, 2.24) is 4.90 Å². The number of rotatable bonds is 4. The maximum absolute atomic E-state index is 12.6. The van der Waals surface area contributed by atoms with Crippen LogP contribution in [0, 0.1) is 0 Å². The minimum absolute atomic E-state index is 0.157. The predicted octanol–water partition coefficient (Wildman–Crippen LogP) is 3.17. The minimum atomic E-state index is 0.157. The van der Waals surface area contributed by atoms with Gasteiger partial charge in [0.15, 0.2) is 0 Å². The van der Waals surface area contributed by atoms with E-state index in [0.717, 1.165) is 31.4 Å². The third kappa shape index (κ3) is 3.48. The van der Waals surface area contributed by atoms with Gasteiger partial charge < -0.3 is 10.0 Å². The fraction of sp³-hybridized carbons (Fsp3) is 0.316. The van der Waals surface area contributed by atoms with Crippen molar-refractivity contribution < 1.29 is 9.90 Å². The third-order valence-corrected chi connectivity index (χ3v) is 4.28. The molecule has 1 aliphatic rings. The van der Waals surface area contributed by atoms with Crippen LogP contribution in [0.15, 0.2) is 54.6 Å². The summed E-state index contributed by atoms with van der Waals surface area (Å²) >= 11 is 0. The molecule has 1 N–H and O–H groups in total. The molecular weight excluding hydrogens is 274 g/mol. The highest BCUT2D eigenvalue weighted by Crippen LogP contribution is 2.22. The molecule has 2 aromatic carbocycles. The normalized spacial score (nSPS) is 17.6. The van der Waals surface area contributed by atoms with E-state index in [4.69, 9.17) is 0 Å². The first-order valence-corrected chi connectivity index (χ1v) is 7.83. The third-order valence-electron chi connectivity index (χ3n) is 4.28. The molecule has 0 aliphatic carbocycles. The van der Waals surface area contributed by atoms with Crippen molar-refractivity contribution in [2.45, 2.75) is 31.7 Å². The number of phenols is 1. The lowest BCUT2D eigenvalue weighted by Crippen LogP contribution is -2.37. The van der Waals surface area contributed by atoms with Crippen molar-refractivity contribution >= 4 is 5.91 Å². The standard InChI is InChI=1S/C19H21NO2/c21-18-10-4-8-16(13-18)14-19(22)20-11-5-9-17(20)12-15-6-2-1-3-7-15/h1-4,6-8,10,13,17,21H,5,9,11-12,14H2/t17-/m0/s1. The Morgan fingerprint density at radius 1 is 1.09 bits per heavy atom. The Bertz CT molecular complexity index is 639. The van der Waals surface area contributed by atoms with Gasteiger partial charge in [-0.05, 0) is 42.5 Å². The van der Waals surface area contributed by atoms with E-state index in [1.807, 2.05) is 29.2 Å². The van der Waals surface area contributed by atoms with Crippen molar-refractivity contribution in [2.75, 3.05) is 6.54 Å². The molecule has 0 bridgehead atoms. The molecular formula is C19H21NO2. The minimum Gasteiger partial charge on any atom is -0.508 e. The zero-order valence-electron chi connectivity index (χ0n) is 12.6. The van der Waals surface area contributed by atoms with Gasteiger partial charge in [0.1, 0.15) is 5.75 Å². The smallest absolute Gasteiger partial charge is 0.227 e. The summed E-state index contributed by atoms with van der Waals surface area (Å²) in [4.78, 5) is 14.6. The van der Waals surface area contributed by atoms with E-state index in [0.29, 0.717) is 12.5 Å². The monoisotopic (exact) mass is 295 g/mol. The quantitative estimate of drug-likeness (QED) is 0.941. The van der Waals surface area contributed by atoms with Gasteiger partial charge in [-0.25, -0.2) is 0 Å². The Labute approximate surface area is 131 Å². The topological polar surface area (TPSA) is 40.5 Å². The van der Waals surface area contributed by atoms with Crippen LogP contribution in [-0.2, 0) is 17.6 Å². The van der Waals surface area contributed by atoms with Gasteiger partial charge in [-0.3, -0.25) is 4.79 Å². The van der Waals surface area contributed by atoms with E-state index < -0.39 is 0 Å². The molecule has 114 valence electrons. The molecule has 1 atom stereocenters. The van der Waals surface area contributed by atoms with Gasteiger partial charge in [-0.15, -0.1) is 0 Å². The van der Waals surface area contributed by atoms with E-state index in [1.54, 1.807) is 18.2 Å². The van der Waals surface area contributed by atoms with E-state index >= 15 is 0 Å². The predicted molar refractivity (Wildman–Crippen MR) is 86.7 cm³/mol. The molecule has 2 aromatic rings. The maximum Gasteiger partial charge on any atom is 0.227 e. The van der Waals surface area contributed by atoms with Crippen molar-refractivity contribution in [3.63, 3.8) is 0 Å². The molecule has 1 saturated heterocycles. The van der Waals surface area contributed by atoms with Gasteiger partial charge in [0.2, 0.25) is 5.91 Å². The lowest BCUT2D eigenvalue weighted by Gasteiger charge is -2.25. The van der Waals surface area contributed by atoms with Gasteiger partial charge in [0, 0.05) is 12.6 Å². The largest absolute Gasteiger partial charge is 0.508 e. The summed E-state index contributed by atoms with van der Waals surface area (Å²) in [6, 6.07) is 17.6. The first-order valence-electron chi connectivity index (χ1n) is 7.83. The molecule has 0 aromatic heterocycles. The number of carbonyl (C=O) groups is 1. The molecule has 1 aliphatic heterocycles. The molecule has 0 spiro atoms. The number of hydrogen-bond acceptors (Lipinski definition) is 2. The number of hydrogen-bond donors (Lipinski definition) is 1. The number of phenolic OH excluding ortho intramolecular Hbond substituents is 1. The maximum atomic E-state index is 12.6. The van der Waals surface area contributed by atoms with E-state index in [2.05, 4.69) is 12.1 Å². The van der Waals surface area contributed by atoms with Crippen molar-refractivity contribution in [3.8, 4) is 5.75 Å². The average molecular weight is 295 g/mol. The summed E-state index contributed by atoms with van der Waals surface area (Å²) in [5.74, 6) is 0.372. The van der Waals surface area contributed by atoms with Crippen LogP contribution in [0.1, 0.15) is 24.0 Å². The Kier molecular flexibility index (Phi) is 4.42. The second-order valence-corrected chi connectivity index (χ2v) is 5.92. The summed E-state index contributed by atoms with van der Waals surface area (Å²) in [5.41, 5.74) is 2.15. The SMILES string of the molecule is O=C(Cc1cccc(O)c1)N1CCC[C@H]1Cc1ccccc1. The van der Waals surface area contributed by atoms with E-state index in [1.165, 1.54) is 5.56 Å². The number of aromatic hydroxyl groups is 1. The van der Waals surface area contributed by atoms with Crippen LogP contribution in [0.2, 0.25) is 0 Å². The lowest BCUT2D eigenvalue weighted by atomic mass is 10.0. The highest BCUT2D eigenvalue weighted by Gasteiger charge is 2.28. The molecule has 0 unspecified atom stereocenters. The van der Waals surface area contributed by atoms with Crippen LogP contribution < -0.4 is 0 Å². The number of nitrogens with zero attached hydrogens (tertiary/aromatic N) is 1. The molecule has 0 saturated carbocycles. The second kappa shape index (κ2) is 6.65. The fourth-order valence-electron chi connectivity index (χ4n) is 3.21. The van der Waals surface area contributed by atoms with Crippen LogP contribution in [0.25, 0.3) is 0 Å². The molecule has 1 amide bonds. The Hall–Kier alpha value is -2.29. The summed E-state index contributed by atoms with van der Waals surface area (Å²) < 4.78 is 0. The van der Waals surface area contributed by atoms with Gasteiger partial charge in [0.25, 0.3) is 0 Å². The summed E-state index contributed by atoms with van der Waals surface area (Å²) in [6.07, 6.45) is 3.43. The molecule has 3 heteroatoms. The Morgan fingerprint density at radius 3 is 2.64 bits per heavy atom. The molecule has 22 heavy (non-hydrogen) atoms. The second-order valence-electron chi connectivity index (χ2n) is 5.92. The molecule has 3 nitrogen and oxygen atoms in total. The Morgan fingerprint density at radius 2 is 1.86 bits per heavy atom. The molecule has 1 heterocycles. The van der Waals surface area contributed by atoms with Crippen LogP contribution in [0.5, 0.6) is 5.75 Å². The summed E-state index contributed by atoms with van der Waals surface area (Å²) in [5, 5.41) is 9.51. The van der Waals surface area contributed by atoms with Gasteiger partial charge in [0.05, 0.1) is 6.42 Å². The first kappa shape index (κ1) is 14.6. The van der Waals surface area contributed by atoms with Crippen LogP contribution in [-0.4, -0.2) is 28.5 Å². The fourth-order valence-corrected chi connectivity index (χ4v) is 3.21. The summed E-state index contributed by atoms with van der Waals surface area (Å²) in [7, 11) is 0. The van der Waals surface area contributed by atoms with Crippen molar-refractivity contribution in [3.05, 3.63) is 65.7 Å². The van der Waals surface area contributed by atoms with Crippen LogP contribution in [0.4, 0.5) is 0 Å². The van der Waals surface area contributed by atoms with Crippen molar-refractivity contribution in [1.29, 1.82) is 0 Å². The molecule has 3 rings (SSSR count).